The van der Waals surface area contributed by atoms with Crippen LogP contribution in [0.3, 0.4) is 0 Å². The highest BCUT2D eigenvalue weighted by molar-refractivity contribution is 7.93. The summed E-state index contributed by atoms with van der Waals surface area (Å²) in [6, 6.07) is 0. The van der Waals surface area contributed by atoms with Crippen LogP contribution in [0, 0.1) is 0 Å². The third-order valence-electron chi connectivity index (χ3n) is 1.34. The maximum absolute atomic E-state index is 5.28. The highest BCUT2D eigenvalue weighted by atomic mass is 32.2. The van der Waals surface area contributed by atoms with Gasteiger partial charge in [-0.05, 0) is 31.3 Å². The Morgan fingerprint density at radius 3 is 3.00 bits per heavy atom. The molecule has 0 amide bonds. The molecule has 0 radical (unpaired) electrons. The normalized spacial score (nSPS) is 28.3. The van der Waals surface area contributed by atoms with Gasteiger partial charge in [0.25, 0.3) is 0 Å². The van der Waals surface area contributed by atoms with Crippen LogP contribution in [0.25, 0.3) is 0 Å². The van der Waals surface area contributed by atoms with Gasteiger partial charge in [-0.25, -0.2) is 0 Å². The Kier molecular flexibility index (Phi) is 3.40. The van der Waals surface area contributed by atoms with Crippen molar-refractivity contribution in [3.8, 4) is 0 Å². The van der Waals surface area contributed by atoms with E-state index in [1.54, 1.807) is 0 Å². The summed E-state index contributed by atoms with van der Waals surface area (Å²) in [5, 5.41) is 0. The summed E-state index contributed by atoms with van der Waals surface area (Å²) in [6.45, 7) is 0.866. The van der Waals surface area contributed by atoms with Crippen LogP contribution >= 0.6 is 12.0 Å². The lowest BCUT2D eigenvalue weighted by atomic mass is 10.2. The molecule has 1 fully saturated rings. The lowest BCUT2D eigenvalue weighted by Gasteiger charge is -2.20. The Labute approximate surface area is 60.1 Å². The molecule has 1 rings (SSSR count). The summed E-state index contributed by atoms with van der Waals surface area (Å²) >= 11 is 1.38. The maximum Gasteiger partial charge on any atom is 0.170 e. The summed E-state index contributed by atoms with van der Waals surface area (Å²) in [5.41, 5.74) is 0. The van der Waals surface area contributed by atoms with Gasteiger partial charge in [0.1, 0.15) is 0 Å². The molecule has 9 heavy (non-hydrogen) atoms. The van der Waals surface area contributed by atoms with E-state index in [0.29, 0.717) is 0 Å². The maximum atomic E-state index is 5.28. The molecule has 0 aromatic rings. The van der Waals surface area contributed by atoms with Crippen molar-refractivity contribution in [3.63, 3.8) is 0 Å². The zero-order valence-corrected chi connectivity index (χ0v) is 6.45. The molecule has 1 aliphatic rings. The minimum absolute atomic E-state index is 0.0637. The molecule has 1 atom stereocenters. The van der Waals surface area contributed by atoms with Crippen LogP contribution in [0.15, 0.2) is 0 Å². The minimum Gasteiger partial charge on any atom is -0.352 e. The van der Waals surface area contributed by atoms with Gasteiger partial charge in [-0.1, -0.05) is 0 Å². The molecule has 0 bridgehead atoms. The van der Waals surface area contributed by atoms with E-state index in [4.69, 9.17) is 8.92 Å². The van der Waals surface area contributed by atoms with Crippen molar-refractivity contribution >= 4 is 12.0 Å². The Morgan fingerprint density at radius 1 is 1.56 bits per heavy atom. The van der Waals surface area contributed by atoms with E-state index in [2.05, 4.69) is 0 Å². The van der Waals surface area contributed by atoms with E-state index < -0.39 is 0 Å². The zero-order valence-electron chi connectivity index (χ0n) is 5.63. The second-order valence-corrected chi connectivity index (χ2v) is 2.58. The molecule has 1 aliphatic heterocycles. The van der Waals surface area contributed by atoms with Gasteiger partial charge < -0.3 is 4.74 Å². The van der Waals surface area contributed by atoms with Gasteiger partial charge in [-0.3, -0.25) is 4.18 Å². The summed E-state index contributed by atoms with van der Waals surface area (Å²) in [6.07, 6.45) is 5.46. The molecule has 54 valence electrons. The Balaban J connectivity index is 2.08. The number of hydrogen-bond donors (Lipinski definition) is 0. The largest absolute Gasteiger partial charge is 0.352 e. The quantitative estimate of drug-likeness (QED) is 0.556. The van der Waals surface area contributed by atoms with Crippen LogP contribution in [0.2, 0.25) is 0 Å². The molecule has 0 aliphatic carbocycles. The van der Waals surface area contributed by atoms with Crippen molar-refractivity contribution in [1.29, 1.82) is 0 Å². The Hall–Kier alpha value is 0.270. The van der Waals surface area contributed by atoms with Crippen molar-refractivity contribution in [2.75, 3.05) is 12.9 Å². The van der Waals surface area contributed by atoms with E-state index in [1.807, 2.05) is 6.26 Å². The van der Waals surface area contributed by atoms with Gasteiger partial charge in [-0.15, -0.1) is 0 Å². The molecular weight excluding hydrogens is 136 g/mol. The van der Waals surface area contributed by atoms with Crippen LogP contribution in [-0.2, 0) is 8.92 Å². The predicted octanol–water partition coefficient (Wildman–Crippen LogP) is 1.81. The topological polar surface area (TPSA) is 18.5 Å². The van der Waals surface area contributed by atoms with Crippen LogP contribution < -0.4 is 0 Å². The molecular formula is C6H12O2S. The third kappa shape index (κ3) is 2.56. The fourth-order valence-electron chi connectivity index (χ4n) is 0.894. The van der Waals surface area contributed by atoms with Gasteiger partial charge in [0.05, 0.1) is 0 Å². The SMILES string of the molecule is CSOC1CCCCO1. The minimum atomic E-state index is 0.0637. The van der Waals surface area contributed by atoms with Crippen LogP contribution in [0.4, 0.5) is 0 Å². The standard InChI is InChI=1S/C6H12O2S/c1-9-8-6-4-2-3-5-7-6/h6H,2-5H2,1H3. The first-order valence-electron chi connectivity index (χ1n) is 3.24. The summed E-state index contributed by atoms with van der Waals surface area (Å²) in [7, 11) is 0. The first-order chi connectivity index (χ1) is 4.43. The second kappa shape index (κ2) is 4.14. The lowest BCUT2D eigenvalue weighted by molar-refractivity contribution is -0.0954. The van der Waals surface area contributed by atoms with E-state index in [1.165, 1.54) is 24.9 Å². The molecule has 0 N–H and O–H groups in total. The average Bonchev–Trinajstić information content (AvgIpc) is 1.91. The first-order valence-corrected chi connectivity index (χ1v) is 4.39. The smallest absolute Gasteiger partial charge is 0.170 e. The van der Waals surface area contributed by atoms with E-state index in [9.17, 15) is 0 Å². The molecule has 2 nitrogen and oxygen atoms in total. The van der Waals surface area contributed by atoms with Crippen LogP contribution in [-0.4, -0.2) is 19.2 Å². The van der Waals surface area contributed by atoms with Crippen molar-refractivity contribution in [2.45, 2.75) is 25.6 Å². The average molecular weight is 148 g/mol. The molecule has 0 aromatic carbocycles. The van der Waals surface area contributed by atoms with Crippen molar-refractivity contribution in [2.24, 2.45) is 0 Å². The number of hydrogen-bond acceptors (Lipinski definition) is 3. The van der Waals surface area contributed by atoms with Gasteiger partial charge in [0, 0.05) is 12.9 Å². The van der Waals surface area contributed by atoms with E-state index in [0.717, 1.165) is 13.0 Å². The fraction of sp³-hybridized carbons (Fsp3) is 1.00. The first kappa shape index (κ1) is 7.38. The van der Waals surface area contributed by atoms with E-state index >= 15 is 0 Å². The molecule has 1 heterocycles. The van der Waals surface area contributed by atoms with E-state index in [-0.39, 0.29) is 6.29 Å². The monoisotopic (exact) mass is 148 g/mol. The van der Waals surface area contributed by atoms with Crippen LogP contribution in [0.1, 0.15) is 19.3 Å². The fourth-order valence-corrected chi connectivity index (χ4v) is 1.26. The molecule has 0 saturated carbocycles. The van der Waals surface area contributed by atoms with Gasteiger partial charge in [-0.2, -0.15) is 0 Å². The van der Waals surface area contributed by atoms with Crippen molar-refractivity contribution in [1.82, 2.24) is 0 Å². The molecule has 1 saturated heterocycles. The summed E-state index contributed by atoms with van der Waals surface area (Å²) < 4.78 is 10.5. The molecule has 1 unspecified atom stereocenters. The number of ether oxygens (including phenoxy) is 1. The molecule has 3 heteroatoms. The summed E-state index contributed by atoms with van der Waals surface area (Å²) in [4.78, 5) is 0. The molecule has 0 aromatic heterocycles. The van der Waals surface area contributed by atoms with Gasteiger partial charge in [0.2, 0.25) is 0 Å². The zero-order chi connectivity index (χ0) is 6.53. The van der Waals surface area contributed by atoms with Crippen molar-refractivity contribution in [3.05, 3.63) is 0 Å². The Bertz CT molecular complexity index is 68.7. The Morgan fingerprint density at radius 2 is 2.44 bits per heavy atom. The highest BCUT2D eigenvalue weighted by Crippen LogP contribution is 2.16. The summed E-state index contributed by atoms with van der Waals surface area (Å²) in [5.74, 6) is 0. The highest BCUT2D eigenvalue weighted by Gasteiger charge is 2.12. The molecule has 0 spiro atoms. The lowest BCUT2D eigenvalue weighted by Crippen LogP contribution is -2.19. The third-order valence-corrected chi connectivity index (χ3v) is 1.75. The van der Waals surface area contributed by atoms with Gasteiger partial charge >= 0.3 is 0 Å². The van der Waals surface area contributed by atoms with Gasteiger partial charge in [0.15, 0.2) is 6.29 Å². The van der Waals surface area contributed by atoms with Crippen molar-refractivity contribution < 1.29 is 8.92 Å². The predicted molar refractivity (Wildman–Crippen MR) is 38.2 cm³/mol. The second-order valence-electron chi connectivity index (χ2n) is 2.06. The number of rotatable bonds is 2. The van der Waals surface area contributed by atoms with Crippen LogP contribution in [0.5, 0.6) is 0 Å².